The Bertz CT molecular complexity index is 644. The molecule has 1 aromatic rings. The number of hydrogen-bond acceptors (Lipinski definition) is 4. The molecule has 1 N–H and O–H groups in total. The first-order valence-electron chi connectivity index (χ1n) is 9.33. The summed E-state index contributed by atoms with van der Waals surface area (Å²) in [5.74, 6) is 0.882. The number of carbonyl (C=O) groups excluding carboxylic acids is 1. The SMILES string of the molecule is COc1ccc(C2(C(=O)N[C@@H]3COCC[C@@H]3OCC=C(C)C)CC2)cc1. The van der Waals surface area contributed by atoms with E-state index in [0.717, 1.165) is 30.6 Å². The first kappa shape index (κ1) is 18.9. The van der Waals surface area contributed by atoms with E-state index in [1.165, 1.54) is 5.57 Å². The van der Waals surface area contributed by atoms with E-state index in [-0.39, 0.29) is 18.1 Å². The lowest BCUT2D eigenvalue weighted by Crippen LogP contribution is -2.53. The molecule has 5 nitrogen and oxygen atoms in total. The molecular formula is C21H29NO4. The lowest BCUT2D eigenvalue weighted by Gasteiger charge is -2.33. The Balaban J connectivity index is 1.64. The zero-order valence-electron chi connectivity index (χ0n) is 15.9. The molecule has 3 rings (SSSR count). The fraction of sp³-hybridized carbons (Fsp3) is 0.571. The number of allylic oxidation sites excluding steroid dienone is 1. The molecule has 26 heavy (non-hydrogen) atoms. The first-order chi connectivity index (χ1) is 12.5. The van der Waals surface area contributed by atoms with Gasteiger partial charge in [0, 0.05) is 6.61 Å². The minimum absolute atomic E-state index is 0.00466. The molecule has 1 aromatic carbocycles. The van der Waals surface area contributed by atoms with Crippen LogP contribution in [-0.4, -0.2) is 45.0 Å². The molecule has 1 amide bonds. The standard InChI is InChI=1S/C21H29NO4/c1-15(2)8-13-26-19-9-12-25-14-18(19)22-20(23)21(10-11-21)16-4-6-17(24-3)7-5-16/h4-8,18-19H,9-14H2,1-3H3,(H,22,23)/t18-,19+/m1/s1. The van der Waals surface area contributed by atoms with Crippen molar-refractivity contribution >= 4 is 5.91 Å². The average molecular weight is 359 g/mol. The second-order valence-corrected chi connectivity index (χ2v) is 7.41. The second-order valence-electron chi connectivity index (χ2n) is 7.41. The maximum atomic E-state index is 13.0. The summed E-state index contributed by atoms with van der Waals surface area (Å²) in [6.07, 6.45) is 4.62. The maximum Gasteiger partial charge on any atom is 0.231 e. The molecule has 5 heteroatoms. The van der Waals surface area contributed by atoms with Gasteiger partial charge in [0.2, 0.25) is 5.91 Å². The van der Waals surface area contributed by atoms with Gasteiger partial charge in [0.1, 0.15) is 5.75 Å². The molecule has 0 bridgehead atoms. The number of hydrogen-bond donors (Lipinski definition) is 1. The van der Waals surface area contributed by atoms with Crippen molar-refractivity contribution in [2.75, 3.05) is 26.9 Å². The molecule has 142 valence electrons. The molecule has 1 saturated heterocycles. The van der Waals surface area contributed by atoms with Crippen LogP contribution in [0, 0.1) is 0 Å². The highest BCUT2D eigenvalue weighted by Crippen LogP contribution is 2.48. The van der Waals surface area contributed by atoms with Crippen molar-refractivity contribution in [3.05, 3.63) is 41.5 Å². The van der Waals surface area contributed by atoms with E-state index in [4.69, 9.17) is 14.2 Å². The van der Waals surface area contributed by atoms with Crippen LogP contribution in [0.5, 0.6) is 5.75 Å². The molecule has 0 aromatic heterocycles. The van der Waals surface area contributed by atoms with Gasteiger partial charge in [0.15, 0.2) is 0 Å². The Morgan fingerprint density at radius 3 is 2.65 bits per heavy atom. The fourth-order valence-electron chi connectivity index (χ4n) is 3.38. The zero-order chi connectivity index (χ0) is 18.6. The largest absolute Gasteiger partial charge is 0.497 e. The summed E-state index contributed by atoms with van der Waals surface area (Å²) in [5, 5.41) is 3.20. The maximum absolute atomic E-state index is 13.0. The molecular weight excluding hydrogens is 330 g/mol. The summed E-state index contributed by atoms with van der Waals surface area (Å²) in [4.78, 5) is 13.0. The van der Waals surface area contributed by atoms with E-state index in [2.05, 4.69) is 25.2 Å². The highest BCUT2D eigenvalue weighted by atomic mass is 16.5. The molecule has 1 heterocycles. The summed E-state index contributed by atoms with van der Waals surface area (Å²) in [6, 6.07) is 7.71. The van der Waals surface area contributed by atoms with Crippen LogP contribution in [-0.2, 0) is 19.7 Å². The number of nitrogens with one attached hydrogen (secondary N) is 1. The van der Waals surface area contributed by atoms with Crippen molar-refractivity contribution in [3.63, 3.8) is 0 Å². The molecule has 2 fully saturated rings. The van der Waals surface area contributed by atoms with Crippen LogP contribution in [0.15, 0.2) is 35.9 Å². The van der Waals surface area contributed by atoms with E-state index in [0.29, 0.717) is 19.8 Å². The van der Waals surface area contributed by atoms with Gasteiger partial charge in [-0.2, -0.15) is 0 Å². The van der Waals surface area contributed by atoms with Crippen LogP contribution in [0.1, 0.15) is 38.7 Å². The van der Waals surface area contributed by atoms with Gasteiger partial charge in [-0.15, -0.1) is 0 Å². The molecule has 1 aliphatic heterocycles. The third-order valence-electron chi connectivity index (χ3n) is 5.24. The van der Waals surface area contributed by atoms with Gasteiger partial charge in [-0.1, -0.05) is 23.8 Å². The third kappa shape index (κ3) is 4.27. The first-order valence-corrected chi connectivity index (χ1v) is 9.33. The molecule has 2 atom stereocenters. The Kier molecular flexibility index (Phi) is 5.99. The highest BCUT2D eigenvalue weighted by Gasteiger charge is 2.52. The van der Waals surface area contributed by atoms with Gasteiger partial charge >= 0.3 is 0 Å². The van der Waals surface area contributed by atoms with Crippen molar-refractivity contribution < 1.29 is 19.0 Å². The van der Waals surface area contributed by atoms with Gasteiger partial charge in [-0.05, 0) is 50.8 Å². The van der Waals surface area contributed by atoms with E-state index in [1.54, 1.807) is 7.11 Å². The Labute approximate surface area is 155 Å². The van der Waals surface area contributed by atoms with Gasteiger partial charge in [0.05, 0.1) is 37.9 Å². The number of carbonyl (C=O) groups is 1. The zero-order valence-corrected chi connectivity index (χ0v) is 15.9. The van der Waals surface area contributed by atoms with E-state index >= 15 is 0 Å². The summed E-state index contributed by atoms with van der Waals surface area (Å²) in [7, 11) is 1.65. The van der Waals surface area contributed by atoms with Crippen LogP contribution >= 0.6 is 0 Å². The van der Waals surface area contributed by atoms with Gasteiger partial charge in [0.25, 0.3) is 0 Å². The lowest BCUT2D eigenvalue weighted by molar-refractivity contribution is -0.128. The van der Waals surface area contributed by atoms with E-state index < -0.39 is 5.41 Å². The monoisotopic (exact) mass is 359 g/mol. The van der Waals surface area contributed by atoms with Crippen LogP contribution in [0.25, 0.3) is 0 Å². The fourth-order valence-corrected chi connectivity index (χ4v) is 3.38. The van der Waals surface area contributed by atoms with Crippen molar-refractivity contribution in [1.29, 1.82) is 0 Å². The minimum Gasteiger partial charge on any atom is -0.497 e. The van der Waals surface area contributed by atoms with Crippen LogP contribution in [0.2, 0.25) is 0 Å². The Morgan fingerprint density at radius 2 is 2.04 bits per heavy atom. The second kappa shape index (κ2) is 8.23. The summed E-state index contributed by atoms with van der Waals surface area (Å²) < 4.78 is 16.8. The quantitative estimate of drug-likeness (QED) is 0.761. The number of benzene rings is 1. The number of amides is 1. The summed E-state index contributed by atoms with van der Waals surface area (Å²) >= 11 is 0. The van der Waals surface area contributed by atoms with Gasteiger partial charge < -0.3 is 19.5 Å². The van der Waals surface area contributed by atoms with Crippen LogP contribution < -0.4 is 10.1 Å². The molecule has 0 unspecified atom stereocenters. The minimum atomic E-state index is -0.409. The topological polar surface area (TPSA) is 56.8 Å². The van der Waals surface area contributed by atoms with Crippen LogP contribution in [0.4, 0.5) is 0 Å². The van der Waals surface area contributed by atoms with Crippen molar-refractivity contribution in [2.45, 2.75) is 50.7 Å². The molecule has 2 aliphatic rings. The highest BCUT2D eigenvalue weighted by molar-refractivity contribution is 5.91. The molecule has 0 radical (unpaired) electrons. The average Bonchev–Trinajstić information content (AvgIpc) is 3.45. The lowest BCUT2D eigenvalue weighted by atomic mass is 9.94. The number of ether oxygens (including phenoxy) is 3. The molecule has 1 aliphatic carbocycles. The predicted octanol–water partition coefficient (Wildman–Crippen LogP) is 2.98. The van der Waals surface area contributed by atoms with E-state index in [1.807, 2.05) is 24.3 Å². The smallest absolute Gasteiger partial charge is 0.231 e. The molecule has 0 spiro atoms. The third-order valence-corrected chi connectivity index (χ3v) is 5.24. The normalized spacial score (nSPS) is 23.8. The van der Waals surface area contributed by atoms with Crippen molar-refractivity contribution in [2.24, 2.45) is 0 Å². The Morgan fingerprint density at radius 1 is 1.31 bits per heavy atom. The van der Waals surface area contributed by atoms with Crippen LogP contribution in [0.3, 0.4) is 0 Å². The summed E-state index contributed by atoms with van der Waals surface area (Å²) in [5.41, 5.74) is 1.87. The van der Waals surface area contributed by atoms with Crippen molar-refractivity contribution in [3.8, 4) is 5.75 Å². The van der Waals surface area contributed by atoms with Gasteiger partial charge in [-0.3, -0.25) is 4.79 Å². The number of rotatable bonds is 7. The van der Waals surface area contributed by atoms with Crippen molar-refractivity contribution in [1.82, 2.24) is 5.32 Å². The molecule has 1 saturated carbocycles. The van der Waals surface area contributed by atoms with E-state index in [9.17, 15) is 4.79 Å². The summed E-state index contributed by atoms with van der Waals surface area (Å²) in [6.45, 7) is 5.86. The number of methoxy groups -OCH3 is 1. The Hall–Kier alpha value is -1.85. The van der Waals surface area contributed by atoms with Gasteiger partial charge in [-0.25, -0.2) is 0 Å². The predicted molar refractivity (Wildman–Crippen MR) is 100 cm³/mol.